The van der Waals surface area contributed by atoms with Crippen molar-refractivity contribution in [3.05, 3.63) is 24.8 Å². The number of aliphatic imine (C=N–C) groups is 1. The van der Waals surface area contributed by atoms with Crippen LogP contribution < -0.4 is 0 Å². The van der Waals surface area contributed by atoms with Crippen molar-refractivity contribution in [3.63, 3.8) is 0 Å². The maximum Gasteiger partial charge on any atom is 0.156 e. The van der Waals surface area contributed by atoms with Crippen LogP contribution >= 0.6 is 0 Å². The van der Waals surface area contributed by atoms with Gasteiger partial charge in [-0.1, -0.05) is 0 Å². The Balaban J connectivity index is 2.52. The molecule has 2 aromatic rings. The third-order valence-corrected chi connectivity index (χ3v) is 1.62. The number of nitrogens with one attached hydrogen (secondary N) is 1. The lowest BCUT2D eigenvalue weighted by Gasteiger charge is -1.94. The molecule has 0 bridgehead atoms. The summed E-state index contributed by atoms with van der Waals surface area (Å²) in [7, 11) is 0. The van der Waals surface area contributed by atoms with Crippen molar-refractivity contribution in [3.8, 4) is 11.3 Å². The van der Waals surface area contributed by atoms with E-state index in [1.165, 1.54) is 0 Å². The van der Waals surface area contributed by atoms with Gasteiger partial charge < -0.3 is 0 Å². The van der Waals surface area contributed by atoms with E-state index in [4.69, 9.17) is 0 Å². The summed E-state index contributed by atoms with van der Waals surface area (Å²) in [6.07, 6.45) is 6.54. The van der Waals surface area contributed by atoms with Crippen molar-refractivity contribution >= 4 is 12.5 Å². The summed E-state index contributed by atoms with van der Waals surface area (Å²) in [6.45, 7) is 3.42. The minimum absolute atomic E-state index is 0.612. The normalized spacial score (nSPS) is 9.85. The lowest BCUT2D eigenvalue weighted by atomic mass is 10.2. The fraction of sp³-hybridized carbons (Fsp3) is 0. The van der Waals surface area contributed by atoms with Gasteiger partial charge in [0.2, 0.25) is 0 Å². The number of hydrogen-bond donors (Lipinski definition) is 1. The highest BCUT2D eigenvalue weighted by molar-refractivity contribution is 5.70. The maximum absolute atomic E-state index is 4.12. The molecule has 1 N–H and O–H groups in total. The predicted molar refractivity (Wildman–Crippen MR) is 48.8 cm³/mol. The molecule has 0 aromatic carbocycles. The topological polar surface area (TPSA) is 66.8 Å². The zero-order valence-corrected chi connectivity index (χ0v) is 6.81. The maximum atomic E-state index is 4.12. The first kappa shape index (κ1) is 7.60. The highest BCUT2D eigenvalue weighted by Crippen LogP contribution is 2.24. The zero-order valence-electron chi connectivity index (χ0n) is 6.81. The fourth-order valence-corrected chi connectivity index (χ4v) is 1.03. The molecule has 2 heterocycles. The Morgan fingerprint density at radius 3 is 2.92 bits per heavy atom. The van der Waals surface area contributed by atoms with Gasteiger partial charge in [-0.3, -0.25) is 15.1 Å². The van der Waals surface area contributed by atoms with E-state index in [9.17, 15) is 0 Å². The molecule has 0 aliphatic rings. The van der Waals surface area contributed by atoms with Gasteiger partial charge in [0, 0.05) is 12.4 Å². The average molecular weight is 173 g/mol. The van der Waals surface area contributed by atoms with Crippen molar-refractivity contribution in [2.75, 3.05) is 0 Å². The minimum Gasteiger partial charge on any atom is -0.261 e. The molecule has 0 fully saturated rings. The first-order valence-corrected chi connectivity index (χ1v) is 3.68. The second kappa shape index (κ2) is 3.14. The van der Waals surface area contributed by atoms with E-state index >= 15 is 0 Å². The number of aromatic nitrogens is 4. The van der Waals surface area contributed by atoms with Gasteiger partial charge in [-0.15, -0.1) is 0 Å². The smallest absolute Gasteiger partial charge is 0.156 e. The molecule has 0 aliphatic heterocycles. The molecule has 0 unspecified atom stereocenters. The van der Waals surface area contributed by atoms with Crippen LogP contribution in [0.25, 0.3) is 11.3 Å². The molecule has 64 valence electrons. The number of aromatic amines is 1. The monoisotopic (exact) mass is 173 g/mol. The van der Waals surface area contributed by atoms with Crippen LogP contribution in [-0.2, 0) is 0 Å². The van der Waals surface area contributed by atoms with E-state index < -0.39 is 0 Å². The van der Waals surface area contributed by atoms with Gasteiger partial charge in [0.15, 0.2) is 5.82 Å². The van der Waals surface area contributed by atoms with E-state index in [0.717, 1.165) is 11.3 Å². The quantitative estimate of drug-likeness (QED) is 0.694. The van der Waals surface area contributed by atoms with Crippen molar-refractivity contribution < 1.29 is 0 Å². The van der Waals surface area contributed by atoms with Gasteiger partial charge >= 0.3 is 0 Å². The highest BCUT2D eigenvalue weighted by Gasteiger charge is 2.06. The molecule has 0 amide bonds. The molecule has 0 saturated carbocycles. The van der Waals surface area contributed by atoms with Gasteiger partial charge in [-0.05, 0) is 6.72 Å². The van der Waals surface area contributed by atoms with Crippen molar-refractivity contribution in [1.29, 1.82) is 0 Å². The minimum atomic E-state index is 0.612. The number of H-pyrrole nitrogens is 1. The van der Waals surface area contributed by atoms with Gasteiger partial charge in [0.25, 0.3) is 0 Å². The summed E-state index contributed by atoms with van der Waals surface area (Å²) >= 11 is 0. The highest BCUT2D eigenvalue weighted by atomic mass is 15.2. The summed E-state index contributed by atoms with van der Waals surface area (Å²) in [4.78, 5) is 11.8. The Kier molecular flexibility index (Phi) is 1.84. The summed E-state index contributed by atoms with van der Waals surface area (Å²) in [5.74, 6) is 0.612. The summed E-state index contributed by atoms with van der Waals surface area (Å²) in [5.41, 5.74) is 1.54. The summed E-state index contributed by atoms with van der Waals surface area (Å²) in [5, 5.41) is 6.55. The average Bonchev–Trinajstić information content (AvgIpc) is 2.67. The molecule has 0 radical (unpaired) electrons. The zero-order chi connectivity index (χ0) is 9.10. The number of nitrogens with zero attached hydrogens (tertiary/aromatic N) is 4. The molecule has 0 saturated heterocycles. The molecule has 0 spiro atoms. The Morgan fingerprint density at radius 1 is 1.31 bits per heavy atom. The van der Waals surface area contributed by atoms with Crippen molar-refractivity contribution in [1.82, 2.24) is 20.2 Å². The molecule has 0 aliphatic carbocycles. The lowest BCUT2D eigenvalue weighted by Crippen LogP contribution is -1.81. The Labute approximate surface area is 74.6 Å². The molecular formula is C8H7N5. The van der Waals surface area contributed by atoms with Gasteiger partial charge in [-0.25, -0.2) is 4.99 Å². The third-order valence-electron chi connectivity index (χ3n) is 1.62. The van der Waals surface area contributed by atoms with Gasteiger partial charge in [-0.2, -0.15) is 5.10 Å². The van der Waals surface area contributed by atoms with Gasteiger partial charge in [0.05, 0.1) is 23.7 Å². The van der Waals surface area contributed by atoms with Crippen LogP contribution in [-0.4, -0.2) is 26.9 Å². The van der Waals surface area contributed by atoms with Crippen molar-refractivity contribution in [2.45, 2.75) is 0 Å². The molecule has 5 heteroatoms. The van der Waals surface area contributed by atoms with Crippen LogP contribution in [0.3, 0.4) is 0 Å². The van der Waals surface area contributed by atoms with E-state index in [-0.39, 0.29) is 0 Å². The van der Waals surface area contributed by atoms with Crippen LogP contribution in [0, 0.1) is 0 Å². The second-order valence-corrected chi connectivity index (χ2v) is 2.38. The molecule has 13 heavy (non-hydrogen) atoms. The largest absolute Gasteiger partial charge is 0.261 e. The fourth-order valence-electron chi connectivity index (χ4n) is 1.03. The summed E-state index contributed by atoms with van der Waals surface area (Å²) < 4.78 is 0. The Morgan fingerprint density at radius 2 is 2.23 bits per heavy atom. The van der Waals surface area contributed by atoms with Crippen LogP contribution in [0.4, 0.5) is 5.82 Å². The Bertz CT molecular complexity index is 405. The molecular weight excluding hydrogens is 166 g/mol. The number of rotatable bonds is 2. The van der Waals surface area contributed by atoms with Crippen LogP contribution in [0.5, 0.6) is 0 Å². The van der Waals surface area contributed by atoms with E-state index in [2.05, 4.69) is 31.9 Å². The third kappa shape index (κ3) is 1.31. The first-order chi connectivity index (χ1) is 6.42. The van der Waals surface area contributed by atoms with E-state index in [1.54, 1.807) is 24.8 Å². The van der Waals surface area contributed by atoms with Gasteiger partial charge in [0.1, 0.15) is 0 Å². The molecule has 0 atom stereocenters. The number of hydrogen-bond acceptors (Lipinski definition) is 4. The molecule has 2 rings (SSSR count). The second-order valence-electron chi connectivity index (χ2n) is 2.38. The predicted octanol–water partition coefficient (Wildman–Crippen LogP) is 1.20. The molecule has 2 aromatic heterocycles. The molecule has 5 nitrogen and oxygen atoms in total. The van der Waals surface area contributed by atoms with E-state index in [0.29, 0.717) is 5.82 Å². The van der Waals surface area contributed by atoms with Crippen LogP contribution in [0.15, 0.2) is 29.8 Å². The van der Waals surface area contributed by atoms with Crippen LogP contribution in [0.1, 0.15) is 0 Å². The van der Waals surface area contributed by atoms with E-state index in [1.807, 2.05) is 0 Å². The summed E-state index contributed by atoms with van der Waals surface area (Å²) in [6, 6.07) is 0. The van der Waals surface area contributed by atoms with Crippen molar-refractivity contribution in [2.24, 2.45) is 4.99 Å². The standard InChI is InChI=1S/C8H7N5/c1-9-8-6(4-12-13-8)7-5-10-2-3-11-7/h2-5H,1H2,(H,12,13). The lowest BCUT2D eigenvalue weighted by molar-refractivity contribution is 1.08. The first-order valence-electron chi connectivity index (χ1n) is 3.68. The Hall–Kier alpha value is -2.04. The van der Waals surface area contributed by atoms with Crippen LogP contribution in [0.2, 0.25) is 0 Å². The SMILES string of the molecule is C=Nc1[nH]ncc1-c1cnccn1.